The molecule has 6 nitrogen and oxygen atoms in total. The van der Waals surface area contributed by atoms with Crippen molar-refractivity contribution in [3.8, 4) is 5.75 Å². The first-order chi connectivity index (χ1) is 9.97. The smallest absolute Gasteiger partial charge is 0.288 e. The van der Waals surface area contributed by atoms with Crippen molar-refractivity contribution in [2.75, 3.05) is 0 Å². The maximum atomic E-state index is 12.0. The third-order valence-electron chi connectivity index (χ3n) is 3.50. The normalized spacial score (nSPS) is 16.5. The monoisotopic (exact) mass is 312 g/mol. The Morgan fingerprint density at radius 2 is 2.14 bits per heavy atom. The van der Waals surface area contributed by atoms with Gasteiger partial charge in [-0.2, -0.15) is 0 Å². The predicted octanol–water partition coefficient (Wildman–Crippen LogP) is 3.07. The summed E-state index contributed by atoms with van der Waals surface area (Å²) >= 11 is 5.80. The summed E-state index contributed by atoms with van der Waals surface area (Å²) in [6, 6.07) is 4.27. The van der Waals surface area contributed by atoms with Crippen LogP contribution in [0.15, 0.2) is 18.2 Å². The molecule has 0 aliphatic heterocycles. The lowest BCUT2D eigenvalue weighted by atomic mass is 10.2. The standard InChI is InChI=1S/C14H17ClN2O4/c1-9(14(18)16-10-4-2-3-5-10)21-11-6-7-13(17(19)20)12(15)8-11/h6-10H,2-5H2,1H3,(H,16,18). The minimum atomic E-state index is -0.678. The van der Waals surface area contributed by atoms with Crippen molar-refractivity contribution in [3.05, 3.63) is 33.3 Å². The van der Waals surface area contributed by atoms with Gasteiger partial charge in [-0.15, -0.1) is 0 Å². The quantitative estimate of drug-likeness (QED) is 0.669. The van der Waals surface area contributed by atoms with E-state index in [-0.39, 0.29) is 22.7 Å². The van der Waals surface area contributed by atoms with Gasteiger partial charge in [0.25, 0.3) is 11.6 Å². The zero-order valence-electron chi connectivity index (χ0n) is 11.7. The molecule has 21 heavy (non-hydrogen) atoms. The van der Waals surface area contributed by atoms with Gasteiger partial charge in [0, 0.05) is 18.2 Å². The highest BCUT2D eigenvalue weighted by Crippen LogP contribution is 2.28. The second kappa shape index (κ2) is 6.76. The van der Waals surface area contributed by atoms with Gasteiger partial charge >= 0.3 is 0 Å². The van der Waals surface area contributed by atoms with Crippen LogP contribution in [0.5, 0.6) is 5.75 Å². The fourth-order valence-corrected chi connectivity index (χ4v) is 2.59. The van der Waals surface area contributed by atoms with Crippen molar-refractivity contribution in [2.24, 2.45) is 0 Å². The number of hydrogen-bond acceptors (Lipinski definition) is 4. The molecule has 1 aromatic rings. The van der Waals surface area contributed by atoms with E-state index < -0.39 is 11.0 Å². The Hall–Kier alpha value is -1.82. The van der Waals surface area contributed by atoms with Crippen LogP contribution in [-0.4, -0.2) is 23.0 Å². The highest BCUT2D eigenvalue weighted by atomic mass is 35.5. The molecule has 1 unspecified atom stereocenters. The average Bonchev–Trinajstić information content (AvgIpc) is 2.91. The number of nitrogens with zero attached hydrogens (tertiary/aromatic N) is 1. The number of benzene rings is 1. The number of amides is 1. The maximum absolute atomic E-state index is 12.0. The van der Waals surface area contributed by atoms with Crippen LogP contribution < -0.4 is 10.1 Å². The second-order valence-electron chi connectivity index (χ2n) is 5.12. The third kappa shape index (κ3) is 4.07. The van der Waals surface area contributed by atoms with Gasteiger partial charge in [0.15, 0.2) is 6.10 Å². The lowest BCUT2D eigenvalue weighted by molar-refractivity contribution is -0.384. The molecule has 1 fully saturated rings. The zero-order chi connectivity index (χ0) is 15.4. The number of nitro benzene ring substituents is 1. The molecular formula is C14H17ClN2O4. The highest BCUT2D eigenvalue weighted by molar-refractivity contribution is 6.32. The van der Waals surface area contributed by atoms with Gasteiger partial charge in [0.2, 0.25) is 0 Å². The van der Waals surface area contributed by atoms with Crippen LogP contribution in [0.4, 0.5) is 5.69 Å². The van der Waals surface area contributed by atoms with Crippen LogP contribution in [-0.2, 0) is 4.79 Å². The largest absolute Gasteiger partial charge is 0.481 e. The molecule has 1 amide bonds. The van der Waals surface area contributed by atoms with E-state index in [4.69, 9.17) is 16.3 Å². The molecule has 0 saturated heterocycles. The lowest BCUT2D eigenvalue weighted by Gasteiger charge is -2.18. The highest BCUT2D eigenvalue weighted by Gasteiger charge is 2.22. The third-order valence-corrected chi connectivity index (χ3v) is 3.80. The van der Waals surface area contributed by atoms with Crippen molar-refractivity contribution >= 4 is 23.2 Å². The SMILES string of the molecule is CC(Oc1ccc([N+](=O)[O-])c(Cl)c1)C(=O)NC1CCCC1. The van der Waals surface area contributed by atoms with Crippen molar-refractivity contribution < 1.29 is 14.5 Å². The Labute approximate surface area is 127 Å². The van der Waals surface area contributed by atoms with Crippen molar-refractivity contribution in [3.63, 3.8) is 0 Å². The summed E-state index contributed by atoms with van der Waals surface area (Å²) in [5.41, 5.74) is -0.188. The van der Waals surface area contributed by atoms with E-state index in [1.807, 2.05) is 0 Å². The summed E-state index contributed by atoms with van der Waals surface area (Å²) in [7, 11) is 0. The van der Waals surface area contributed by atoms with Gasteiger partial charge in [0.05, 0.1) is 4.92 Å². The van der Waals surface area contributed by atoms with Gasteiger partial charge in [0.1, 0.15) is 10.8 Å². The molecule has 1 aliphatic carbocycles. The van der Waals surface area contributed by atoms with Gasteiger partial charge in [-0.25, -0.2) is 0 Å². The van der Waals surface area contributed by atoms with Crippen LogP contribution in [0, 0.1) is 10.1 Å². The van der Waals surface area contributed by atoms with Crippen LogP contribution in [0.25, 0.3) is 0 Å². The zero-order valence-corrected chi connectivity index (χ0v) is 12.4. The minimum absolute atomic E-state index is 0.0131. The van der Waals surface area contributed by atoms with E-state index >= 15 is 0 Å². The number of ether oxygens (including phenoxy) is 1. The summed E-state index contributed by atoms with van der Waals surface area (Å²) in [6.07, 6.45) is 3.60. The Balaban J connectivity index is 1.95. The molecule has 7 heteroatoms. The van der Waals surface area contributed by atoms with E-state index in [0.717, 1.165) is 25.7 Å². The number of halogens is 1. The molecular weight excluding hydrogens is 296 g/mol. The lowest BCUT2D eigenvalue weighted by Crippen LogP contribution is -2.41. The van der Waals surface area contributed by atoms with Crippen molar-refractivity contribution in [2.45, 2.75) is 44.8 Å². The van der Waals surface area contributed by atoms with Crippen LogP contribution in [0.1, 0.15) is 32.6 Å². The number of hydrogen-bond donors (Lipinski definition) is 1. The van der Waals surface area contributed by atoms with E-state index in [2.05, 4.69) is 5.32 Å². The minimum Gasteiger partial charge on any atom is -0.481 e. The Morgan fingerprint density at radius 3 is 2.71 bits per heavy atom. The summed E-state index contributed by atoms with van der Waals surface area (Å²) < 4.78 is 5.48. The van der Waals surface area contributed by atoms with E-state index in [9.17, 15) is 14.9 Å². The van der Waals surface area contributed by atoms with Gasteiger partial charge in [-0.1, -0.05) is 24.4 Å². The van der Waals surface area contributed by atoms with Crippen LogP contribution in [0.3, 0.4) is 0 Å². The fraction of sp³-hybridized carbons (Fsp3) is 0.500. The predicted molar refractivity (Wildman–Crippen MR) is 78.6 cm³/mol. The number of rotatable bonds is 5. The Morgan fingerprint density at radius 1 is 1.48 bits per heavy atom. The summed E-state index contributed by atoms with van der Waals surface area (Å²) in [5.74, 6) is 0.149. The van der Waals surface area contributed by atoms with Gasteiger partial charge < -0.3 is 10.1 Å². The fourth-order valence-electron chi connectivity index (χ4n) is 2.36. The van der Waals surface area contributed by atoms with E-state index in [1.54, 1.807) is 6.92 Å². The molecule has 0 radical (unpaired) electrons. The molecule has 1 atom stereocenters. The molecule has 1 N–H and O–H groups in total. The second-order valence-corrected chi connectivity index (χ2v) is 5.53. The molecule has 1 saturated carbocycles. The summed E-state index contributed by atoms with van der Waals surface area (Å²) in [5, 5.41) is 13.6. The van der Waals surface area contributed by atoms with Crippen molar-refractivity contribution in [1.82, 2.24) is 5.32 Å². The number of nitro groups is 1. The molecule has 0 heterocycles. The van der Waals surface area contributed by atoms with Gasteiger partial charge in [-0.3, -0.25) is 14.9 Å². The van der Waals surface area contributed by atoms with Crippen LogP contribution in [0.2, 0.25) is 5.02 Å². The molecule has 1 aliphatic rings. The molecule has 2 rings (SSSR count). The Kier molecular flexibility index (Phi) is 5.01. The maximum Gasteiger partial charge on any atom is 0.288 e. The molecule has 1 aromatic carbocycles. The first kappa shape index (κ1) is 15.6. The Bertz CT molecular complexity index is 544. The molecule has 0 spiro atoms. The number of carbonyl (C=O) groups is 1. The molecule has 0 aromatic heterocycles. The van der Waals surface area contributed by atoms with E-state index in [0.29, 0.717) is 5.75 Å². The first-order valence-electron chi connectivity index (χ1n) is 6.88. The van der Waals surface area contributed by atoms with Gasteiger partial charge in [-0.05, 0) is 25.8 Å². The topological polar surface area (TPSA) is 81.5 Å². The summed E-state index contributed by atoms with van der Waals surface area (Å²) in [6.45, 7) is 1.64. The molecule has 0 bridgehead atoms. The van der Waals surface area contributed by atoms with E-state index in [1.165, 1.54) is 18.2 Å². The van der Waals surface area contributed by atoms with Crippen LogP contribution >= 0.6 is 11.6 Å². The van der Waals surface area contributed by atoms with Crippen molar-refractivity contribution in [1.29, 1.82) is 0 Å². The number of nitrogens with one attached hydrogen (secondary N) is 1. The number of carbonyl (C=O) groups excluding carboxylic acids is 1. The summed E-state index contributed by atoms with van der Waals surface area (Å²) in [4.78, 5) is 22.1. The molecule has 114 valence electrons. The average molecular weight is 313 g/mol. The first-order valence-corrected chi connectivity index (χ1v) is 7.26.